The lowest BCUT2D eigenvalue weighted by atomic mass is 9.87. The van der Waals surface area contributed by atoms with Gasteiger partial charge in [-0.25, -0.2) is 8.42 Å². The number of sulfone groups is 1. The SMILES string of the molecule is CCCC[C@]1(CC)CS(=O)(=O)c2cc(CCC)c(OC)cc2[C@@H](c2ccccc2)N1. The van der Waals surface area contributed by atoms with Gasteiger partial charge in [0.25, 0.3) is 0 Å². The second-order valence-corrected chi connectivity index (χ2v) is 10.4. The van der Waals surface area contributed by atoms with Crippen molar-refractivity contribution in [3.05, 3.63) is 59.2 Å². The van der Waals surface area contributed by atoms with Gasteiger partial charge in [-0.2, -0.15) is 0 Å². The van der Waals surface area contributed by atoms with Gasteiger partial charge in [0, 0.05) is 5.54 Å². The number of benzene rings is 2. The Morgan fingerprint density at radius 3 is 2.43 bits per heavy atom. The summed E-state index contributed by atoms with van der Waals surface area (Å²) in [4.78, 5) is 0.458. The van der Waals surface area contributed by atoms with Gasteiger partial charge in [-0.05, 0) is 48.1 Å². The van der Waals surface area contributed by atoms with E-state index in [9.17, 15) is 8.42 Å². The molecule has 0 aliphatic carbocycles. The maximum atomic E-state index is 13.7. The molecule has 1 aliphatic rings. The molecule has 2 atom stereocenters. The maximum absolute atomic E-state index is 13.7. The smallest absolute Gasteiger partial charge is 0.180 e. The fourth-order valence-electron chi connectivity index (χ4n) is 4.58. The van der Waals surface area contributed by atoms with Gasteiger partial charge in [0.15, 0.2) is 9.84 Å². The predicted molar refractivity (Wildman–Crippen MR) is 123 cm³/mol. The van der Waals surface area contributed by atoms with Crippen LogP contribution in [-0.2, 0) is 16.3 Å². The fraction of sp³-hybridized carbons (Fsp3) is 0.520. The highest BCUT2D eigenvalue weighted by Gasteiger charge is 2.42. The first kappa shape index (κ1) is 22.8. The number of ether oxygens (including phenoxy) is 1. The Hall–Kier alpha value is -1.85. The molecule has 164 valence electrons. The van der Waals surface area contributed by atoms with Crippen molar-refractivity contribution in [3.8, 4) is 5.75 Å². The Kier molecular flexibility index (Phi) is 7.25. The Balaban J connectivity index is 2.26. The van der Waals surface area contributed by atoms with Crippen molar-refractivity contribution >= 4 is 9.84 Å². The van der Waals surface area contributed by atoms with Crippen molar-refractivity contribution in [2.45, 2.75) is 75.8 Å². The number of methoxy groups -OCH3 is 1. The van der Waals surface area contributed by atoms with Crippen molar-refractivity contribution in [1.29, 1.82) is 0 Å². The van der Waals surface area contributed by atoms with Gasteiger partial charge >= 0.3 is 0 Å². The lowest BCUT2D eigenvalue weighted by Crippen LogP contribution is -2.50. The molecule has 0 radical (unpaired) electrons. The number of rotatable bonds is 8. The normalized spacial score (nSPS) is 22.9. The van der Waals surface area contributed by atoms with E-state index in [1.54, 1.807) is 7.11 Å². The molecule has 3 rings (SSSR count). The number of nitrogens with one attached hydrogen (secondary N) is 1. The van der Waals surface area contributed by atoms with Crippen molar-refractivity contribution in [2.24, 2.45) is 0 Å². The first-order chi connectivity index (χ1) is 14.4. The molecule has 0 saturated heterocycles. The second-order valence-electron chi connectivity index (χ2n) is 8.44. The van der Waals surface area contributed by atoms with Crippen LogP contribution < -0.4 is 10.1 Å². The van der Waals surface area contributed by atoms with Crippen molar-refractivity contribution in [3.63, 3.8) is 0 Å². The third kappa shape index (κ3) is 4.57. The number of aryl methyl sites for hydroxylation is 1. The van der Waals surface area contributed by atoms with E-state index in [0.29, 0.717) is 4.90 Å². The van der Waals surface area contributed by atoms with Crippen LogP contribution in [0.15, 0.2) is 47.4 Å². The van der Waals surface area contributed by atoms with E-state index < -0.39 is 15.4 Å². The van der Waals surface area contributed by atoms with E-state index >= 15 is 0 Å². The van der Waals surface area contributed by atoms with E-state index in [1.807, 2.05) is 30.3 Å². The fourth-order valence-corrected chi connectivity index (χ4v) is 6.76. The Morgan fingerprint density at radius 1 is 1.10 bits per heavy atom. The summed E-state index contributed by atoms with van der Waals surface area (Å²) in [5.74, 6) is 0.899. The standard InChI is InChI=1S/C25H35NO3S/c1-5-8-15-25(7-3)18-30(27,28)23-16-20(12-6-2)22(29-4)17-21(23)24(26-25)19-13-10-9-11-14-19/h9-11,13-14,16-17,24,26H,5-8,12,15,18H2,1-4H3/t24-,25-/m1/s1. The van der Waals surface area contributed by atoms with Crippen LogP contribution in [-0.4, -0.2) is 26.8 Å². The van der Waals surface area contributed by atoms with Crippen LogP contribution in [0.1, 0.15) is 75.6 Å². The molecule has 4 nitrogen and oxygen atoms in total. The number of hydrogen-bond acceptors (Lipinski definition) is 4. The highest BCUT2D eigenvalue weighted by Crippen LogP contribution is 2.41. The summed E-state index contributed by atoms with van der Waals surface area (Å²) in [7, 11) is -1.79. The minimum atomic E-state index is -3.45. The van der Waals surface area contributed by atoms with Gasteiger partial charge in [-0.15, -0.1) is 0 Å². The zero-order valence-corrected chi connectivity index (χ0v) is 19.5. The van der Waals surface area contributed by atoms with Crippen molar-refractivity contribution < 1.29 is 13.2 Å². The van der Waals surface area contributed by atoms with Crippen LogP contribution in [0.3, 0.4) is 0 Å². The molecule has 2 aromatic rings. The van der Waals surface area contributed by atoms with Gasteiger partial charge in [0.2, 0.25) is 0 Å². The molecule has 0 bridgehead atoms. The molecule has 2 aromatic carbocycles. The molecule has 1 aliphatic heterocycles. The topological polar surface area (TPSA) is 55.4 Å². The zero-order valence-electron chi connectivity index (χ0n) is 18.7. The van der Waals surface area contributed by atoms with Crippen LogP contribution in [0, 0.1) is 0 Å². The first-order valence-corrected chi connectivity index (χ1v) is 12.8. The monoisotopic (exact) mass is 429 g/mol. The molecule has 0 spiro atoms. The van der Waals surface area contributed by atoms with Gasteiger partial charge in [-0.3, -0.25) is 5.32 Å². The molecule has 1 N–H and O–H groups in total. The van der Waals surface area contributed by atoms with E-state index in [4.69, 9.17) is 4.74 Å². The summed E-state index contributed by atoms with van der Waals surface area (Å²) >= 11 is 0. The van der Waals surface area contributed by atoms with Gasteiger partial charge in [0.1, 0.15) is 5.75 Å². The first-order valence-electron chi connectivity index (χ1n) is 11.2. The highest BCUT2D eigenvalue weighted by atomic mass is 32.2. The number of hydrogen-bond donors (Lipinski definition) is 1. The second kappa shape index (κ2) is 9.52. The summed E-state index contributed by atoms with van der Waals surface area (Å²) in [5, 5.41) is 3.81. The highest BCUT2D eigenvalue weighted by molar-refractivity contribution is 7.91. The lowest BCUT2D eigenvalue weighted by Gasteiger charge is -2.36. The van der Waals surface area contributed by atoms with Crippen molar-refractivity contribution in [1.82, 2.24) is 5.32 Å². The largest absolute Gasteiger partial charge is 0.496 e. The molecular weight excluding hydrogens is 394 g/mol. The zero-order chi connectivity index (χ0) is 21.8. The van der Waals surface area contributed by atoms with Crippen LogP contribution in [0.2, 0.25) is 0 Å². The molecule has 0 fully saturated rings. The third-order valence-corrected chi connectivity index (χ3v) is 8.27. The number of fused-ring (bicyclic) bond motifs is 1. The summed E-state index contributed by atoms with van der Waals surface area (Å²) in [6.45, 7) is 6.35. The van der Waals surface area contributed by atoms with E-state index in [-0.39, 0.29) is 11.8 Å². The Labute approximate surface area is 182 Å². The third-order valence-electron chi connectivity index (χ3n) is 6.31. The molecule has 30 heavy (non-hydrogen) atoms. The average Bonchev–Trinajstić information content (AvgIpc) is 2.85. The molecule has 5 heteroatoms. The number of unbranched alkanes of at least 4 members (excludes halogenated alkanes) is 1. The molecule has 0 amide bonds. The average molecular weight is 430 g/mol. The van der Waals surface area contributed by atoms with Crippen LogP contribution in [0.4, 0.5) is 0 Å². The predicted octanol–water partition coefficient (Wildman–Crippen LogP) is 5.45. The molecule has 0 saturated carbocycles. The van der Waals surface area contributed by atoms with Crippen LogP contribution >= 0.6 is 0 Å². The summed E-state index contributed by atoms with van der Waals surface area (Å²) in [6, 6.07) is 13.8. The minimum Gasteiger partial charge on any atom is -0.496 e. The lowest BCUT2D eigenvalue weighted by molar-refractivity contribution is 0.294. The van der Waals surface area contributed by atoms with E-state index in [1.165, 1.54) is 0 Å². The van der Waals surface area contributed by atoms with E-state index in [2.05, 4.69) is 38.2 Å². The summed E-state index contributed by atoms with van der Waals surface area (Å²) < 4.78 is 33.0. The Bertz CT molecular complexity index is 956. The van der Waals surface area contributed by atoms with Gasteiger partial charge < -0.3 is 4.74 Å². The Morgan fingerprint density at radius 2 is 1.83 bits per heavy atom. The van der Waals surface area contributed by atoms with Crippen LogP contribution in [0.25, 0.3) is 0 Å². The van der Waals surface area contributed by atoms with Gasteiger partial charge in [0.05, 0.1) is 23.8 Å². The van der Waals surface area contributed by atoms with Crippen molar-refractivity contribution in [2.75, 3.05) is 12.9 Å². The molecule has 0 unspecified atom stereocenters. The quantitative estimate of drug-likeness (QED) is 0.606. The molecular formula is C25H35NO3S. The molecule has 1 heterocycles. The summed E-state index contributed by atoms with van der Waals surface area (Å²) in [5.41, 5.74) is 2.39. The van der Waals surface area contributed by atoms with Gasteiger partial charge in [-0.1, -0.05) is 70.4 Å². The summed E-state index contributed by atoms with van der Waals surface area (Å²) in [6.07, 6.45) is 5.38. The van der Waals surface area contributed by atoms with Crippen LogP contribution in [0.5, 0.6) is 5.75 Å². The molecule has 0 aromatic heterocycles. The minimum absolute atomic E-state index is 0.130. The maximum Gasteiger partial charge on any atom is 0.180 e. The van der Waals surface area contributed by atoms with E-state index in [0.717, 1.165) is 61.0 Å².